The molecule has 2 aromatic carbocycles. The highest BCUT2D eigenvalue weighted by Crippen LogP contribution is 2.44. The molecular weight excluding hydrogens is 242 g/mol. The summed E-state index contributed by atoms with van der Waals surface area (Å²) >= 11 is 1.76. The van der Waals surface area contributed by atoms with E-state index in [0.717, 1.165) is 22.9 Å². The summed E-state index contributed by atoms with van der Waals surface area (Å²) in [4.78, 5) is 1.28. The van der Waals surface area contributed by atoms with E-state index < -0.39 is 0 Å². The Morgan fingerprint density at radius 2 is 1.78 bits per heavy atom. The second kappa shape index (κ2) is 4.25. The van der Waals surface area contributed by atoms with Crippen LogP contribution >= 0.6 is 11.8 Å². The Morgan fingerprint density at radius 1 is 1.00 bits per heavy atom. The minimum Gasteiger partial charge on any atom is -0.453 e. The second-order valence-electron chi connectivity index (χ2n) is 4.54. The van der Waals surface area contributed by atoms with Crippen molar-refractivity contribution < 1.29 is 4.74 Å². The molecule has 0 spiro atoms. The molecule has 0 fully saturated rings. The van der Waals surface area contributed by atoms with Gasteiger partial charge >= 0.3 is 0 Å². The Bertz CT molecular complexity index is 622. The standard InChI is InChI=1S/C15H15NOS/c1-9-4-5-11-13(6-9)17-14-7-10(2)15(18-3)8-12(14)16-11/h4-8,16H,1-3H3. The molecule has 1 heterocycles. The van der Waals surface area contributed by atoms with E-state index in [1.165, 1.54) is 16.0 Å². The Hall–Kier alpha value is -1.61. The molecule has 0 amide bonds. The molecular formula is C15H15NOS. The third-order valence-corrected chi connectivity index (χ3v) is 4.00. The third kappa shape index (κ3) is 1.85. The molecule has 0 saturated carbocycles. The number of nitrogens with one attached hydrogen (secondary N) is 1. The van der Waals surface area contributed by atoms with Crippen LogP contribution in [-0.2, 0) is 0 Å². The number of thioether (sulfide) groups is 1. The quantitative estimate of drug-likeness (QED) is 0.628. The highest BCUT2D eigenvalue weighted by Gasteiger charge is 2.17. The first kappa shape index (κ1) is 11.5. The van der Waals surface area contributed by atoms with Gasteiger partial charge in [-0.2, -0.15) is 0 Å². The topological polar surface area (TPSA) is 21.3 Å². The first-order valence-electron chi connectivity index (χ1n) is 5.91. The Balaban J connectivity index is 2.08. The van der Waals surface area contributed by atoms with Gasteiger partial charge in [0.1, 0.15) is 0 Å². The largest absolute Gasteiger partial charge is 0.453 e. The average molecular weight is 257 g/mol. The molecule has 0 radical (unpaired) electrons. The maximum Gasteiger partial charge on any atom is 0.151 e. The van der Waals surface area contributed by atoms with Crippen LogP contribution in [0.2, 0.25) is 0 Å². The van der Waals surface area contributed by atoms with E-state index in [1.54, 1.807) is 11.8 Å². The third-order valence-electron chi connectivity index (χ3n) is 3.12. The summed E-state index contributed by atoms with van der Waals surface area (Å²) in [7, 11) is 0. The highest BCUT2D eigenvalue weighted by atomic mass is 32.2. The number of hydrogen-bond acceptors (Lipinski definition) is 3. The predicted molar refractivity (Wildman–Crippen MR) is 77.5 cm³/mol. The molecule has 3 rings (SSSR count). The van der Waals surface area contributed by atoms with Gasteiger partial charge in [0, 0.05) is 4.90 Å². The maximum absolute atomic E-state index is 5.97. The van der Waals surface area contributed by atoms with E-state index in [0.29, 0.717) is 0 Å². The van der Waals surface area contributed by atoms with Crippen molar-refractivity contribution in [2.45, 2.75) is 18.7 Å². The van der Waals surface area contributed by atoms with Crippen molar-refractivity contribution in [1.29, 1.82) is 0 Å². The first-order chi connectivity index (χ1) is 8.67. The molecule has 18 heavy (non-hydrogen) atoms. The first-order valence-corrected chi connectivity index (χ1v) is 7.14. The normalized spacial score (nSPS) is 12.2. The number of benzene rings is 2. The van der Waals surface area contributed by atoms with Crippen molar-refractivity contribution in [2.24, 2.45) is 0 Å². The van der Waals surface area contributed by atoms with Gasteiger partial charge in [-0.3, -0.25) is 0 Å². The molecule has 2 aromatic rings. The summed E-state index contributed by atoms with van der Waals surface area (Å²) in [6.45, 7) is 4.18. The fraction of sp³-hybridized carbons (Fsp3) is 0.200. The lowest BCUT2D eigenvalue weighted by Gasteiger charge is -2.23. The maximum atomic E-state index is 5.97. The van der Waals surface area contributed by atoms with Gasteiger partial charge in [-0.15, -0.1) is 11.8 Å². The van der Waals surface area contributed by atoms with Crippen LogP contribution in [0.25, 0.3) is 0 Å². The van der Waals surface area contributed by atoms with Gasteiger partial charge in [0.2, 0.25) is 0 Å². The van der Waals surface area contributed by atoms with Crippen LogP contribution in [0.1, 0.15) is 11.1 Å². The van der Waals surface area contributed by atoms with Crippen LogP contribution in [-0.4, -0.2) is 6.26 Å². The lowest BCUT2D eigenvalue weighted by molar-refractivity contribution is 0.480. The van der Waals surface area contributed by atoms with Crippen molar-refractivity contribution in [1.82, 2.24) is 0 Å². The highest BCUT2D eigenvalue weighted by molar-refractivity contribution is 7.98. The Morgan fingerprint density at radius 3 is 2.56 bits per heavy atom. The number of anilines is 2. The van der Waals surface area contributed by atoms with E-state index in [-0.39, 0.29) is 0 Å². The van der Waals surface area contributed by atoms with E-state index >= 15 is 0 Å². The number of hydrogen-bond donors (Lipinski definition) is 1. The second-order valence-corrected chi connectivity index (χ2v) is 5.39. The zero-order valence-corrected chi connectivity index (χ0v) is 11.5. The molecule has 92 valence electrons. The number of rotatable bonds is 1. The fourth-order valence-corrected chi connectivity index (χ4v) is 2.76. The average Bonchev–Trinajstić information content (AvgIpc) is 2.35. The molecule has 0 aliphatic carbocycles. The SMILES string of the molecule is CSc1cc2c(cc1C)Oc1cc(C)ccc1N2. The van der Waals surface area contributed by atoms with Gasteiger partial charge in [0.05, 0.1) is 11.4 Å². The molecule has 0 bridgehead atoms. The minimum atomic E-state index is 0.902. The van der Waals surface area contributed by atoms with Crippen LogP contribution in [0, 0.1) is 13.8 Å². The van der Waals surface area contributed by atoms with Gasteiger partial charge in [-0.25, -0.2) is 0 Å². The van der Waals surface area contributed by atoms with Gasteiger partial charge in [0.25, 0.3) is 0 Å². The van der Waals surface area contributed by atoms with E-state index in [2.05, 4.69) is 55.8 Å². The lowest BCUT2D eigenvalue weighted by Crippen LogP contribution is -2.03. The number of fused-ring (bicyclic) bond motifs is 2. The van der Waals surface area contributed by atoms with Crippen LogP contribution in [0.4, 0.5) is 11.4 Å². The van der Waals surface area contributed by atoms with Crippen molar-refractivity contribution in [3.8, 4) is 11.5 Å². The summed E-state index contributed by atoms with van der Waals surface area (Å²) < 4.78 is 5.97. The van der Waals surface area contributed by atoms with Crippen LogP contribution < -0.4 is 10.1 Å². The molecule has 1 aliphatic heterocycles. The van der Waals surface area contributed by atoms with E-state index in [9.17, 15) is 0 Å². The van der Waals surface area contributed by atoms with Gasteiger partial charge in [-0.1, -0.05) is 6.07 Å². The summed E-state index contributed by atoms with van der Waals surface area (Å²) in [5.74, 6) is 1.81. The molecule has 2 nitrogen and oxygen atoms in total. The molecule has 0 unspecified atom stereocenters. The van der Waals surface area contributed by atoms with Gasteiger partial charge in [-0.05, 0) is 55.5 Å². The Labute approximate surface area is 111 Å². The van der Waals surface area contributed by atoms with E-state index in [4.69, 9.17) is 4.74 Å². The zero-order chi connectivity index (χ0) is 12.7. The van der Waals surface area contributed by atoms with Crippen LogP contribution in [0.5, 0.6) is 11.5 Å². The summed E-state index contributed by atoms with van der Waals surface area (Å²) in [5.41, 5.74) is 4.53. The molecule has 1 N–H and O–H groups in total. The van der Waals surface area contributed by atoms with Crippen molar-refractivity contribution in [2.75, 3.05) is 11.6 Å². The van der Waals surface area contributed by atoms with E-state index in [1.807, 2.05) is 0 Å². The number of ether oxygens (including phenoxy) is 1. The van der Waals surface area contributed by atoms with Crippen molar-refractivity contribution in [3.05, 3.63) is 41.5 Å². The summed E-state index contributed by atoms with van der Waals surface area (Å²) in [5, 5.41) is 3.43. The fourth-order valence-electron chi connectivity index (χ4n) is 2.14. The monoisotopic (exact) mass is 257 g/mol. The smallest absolute Gasteiger partial charge is 0.151 e. The van der Waals surface area contributed by atoms with Crippen molar-refractivity contribution >= 4 is 23.1 Å². The minimum absolute atomic E-state index is 0.902. The molecule has 0 aromatic heterocycles. The zero-order valence-electron chi connectivity index (χ0n) is 10.7. The summed E-state index contributed by atoms with van der Waals surface area (Å²) in [6.07, 6.45) is 2.09. The van der Waals surface area contributed by atoms with Gasteiger partial charge in [0.15, 0.2) is 11.5 Å². The molecule has 1 aliphatic rings. The van der Waals surface area contributed by atoms with Crippen molar-refractivity contribution in [3.63, 3.8) is 0 Å². The van der Waals surface area contributed by atoms with Crippen LogP contribution in [0.15, 0.2) is 35.2 Å². The molecule has 3 heteroatoms. The molecule has 0 saturated heterocycles. The predicted octanol–water partition coefficient (Wildman–Crippen LogP) is 4.87. The van der Waals surface area contributed by atoms with Crippen LogP contribution in [0.3, 0.4) is 0 Å². The molecule has 0 atom stereocenters. The lowest BCUT2D eigenvalue weighted by atomic mass is 10.1. The summed E-state index contributed by atoms with van der Waals surface area (Å²) in [6, 6.07) is 10.5. The number of aryl methyl sites for hydroxylation is 2. The Kier molecular flexibility index (Phi) is 2.71. The van der Waals surface area contributed by atoms with Gasteiger partial charge < -0.3 is 10.1 Å².